The molecule has 0 aromatic carbocycles. The number of aryl methyl sites for hydroxylation is 1. The van der Waals surface area contributed by atoms with Crippen LogP contribution in [0, 0.1) is 6.92 Å². The molecule has 17 heavy (non-hydrogen) atoms. The third-order valence-electron chi connectivity index (χ3n) is 3.43. The molecule has 0 radical (unpaired) electrons. The molecule has 2 heterocycles. The first-order valence-corrected chi connectivity index (χ1v) is 6.56. The average Bonchev–Trinajstić information content (AvgIpc) is 2.82. The molecular weight excluding hydrogens is 212 g/mol. The maximum Gasteiger partial charge on any atom is 0.0594 e. The molecule has 2 rings (SSSR count). The molecule has 3 nitrogen and oxygen atoms in total. The minimum Gasteiger partial charge on any atom is -0.378 e. The van der Waals surface area contributed by atoms with Gasteiger partial charge in [-0.25, -0.2) is 0 Å². The smallest absolute Gasteiger partial charge is 0.0594 e. The van der Waals surface area contributed by atoms with Gasteiger partial charge in [0.05, 0.1) is 6.10 Å². The fraction of sp³-hybridized carbons (Fsp3) is 0.643. The van der Waals surface area contributed by atoms with Crippen molar-refractivity contribution in [2.24, 2.45) is 0 Å². The molecule has 0 spiro atoms. The van der Waals surface area contributed by atoms with E-state index in [9.17, 15) is 0 Å². The Morgan fingerprint density at radius 1 is 1.59 bits per heavy atom. The Morgan fingerprint density at radius 2 is 2.47 bits per heavy atom. The number of pyridine rings is 1. The Bertz CT molecular complexity index is 348. The van der Waals surface area contributed by atoms with E-state index in [4.69, 9.17) is 4.74 Å². The number of nitrogens with one attached hydrogen (secondary N) is 1. The number of aromatic nitrogens is 1. The Balaban J connectivity index is 2.08. The van der Waals surface area contributed by atoms with Gasteiger partial charge in [-0.3, -0.25) is 4.98 Å². The summed E-state index contributed by atoms with van der Waals surface area (Å²) in [6.07, 6.45) is 7.71. The standard InChI is InChI=1S/C14H22N2O/c1-3-16-14(9-12-5-4-8-17-12)13-10-15-7-6-11(13)2/h6-7,10,12,14,16H,3-5,8-9H2,1-2H3. The molecule has 0 aliphatic carbocycles. The van der Waals surface area contributed by atoms with Crippen LogP contribution in [0.5, 0.6) is 0 Å². The highest BCUT2D eigenvalue weighted by Gasteiger charge is 2.22. The van der Waals surface area contributed by atoms with Crippen LogP contribution in [0.1, 0.15) is 43.4 Å². The largest absolute Gasteiger partial charge is 0.378 e. The number of hydrogen-bond donors (Lipinski definition) is 1. The van der Waals surface area contributed by atoms with E-state index < -0.39 is 0 Å². The lowest BCUT2D eigenvalue weighted by Gasteiger charge is -2.22. The van der Waals surface area contributed by atoms with Crippen molar-refractivity contribution < 1.29 is 4.74 Å². The van der Waals surface area contributed by atoms with Crippen molar-refractivity contribution in [1.29, 1.82) is 0 Å². The van der Waals surface area contributed by atoms with Crippen LogP contribution in [0.4, 0.5) is 0 Å². The van der Waals surface area contributed by atoms with Gasteiger partial charge in [-0.05, 0) is 49.9 Å². The Morgan fingerprint density at radius 3 is 3.12 bits per heavy atom. The van der Waals surface area contributed by atoms with Crippen LogP contribution in [0.3, 0.4) is 0 Å². The Labute approximate surface area is 104 Å². The summed E-state index contributed by atoms with van der Waals surface area (Å²) in [5, 5.41) is 3.55. The van der Waals surface area contributed by atoms with Crippen molar-refractivity contribution in [3.63, 3.8) is 0 Å². The zero-order chi connectivity index (χ0) is 12.1. The second-order valence-corrected chi connectivity index (χ2v) is 4.71. The van der Waals surface area contributed by atoms with Crippen LogP contribution in [-0.2, 0) is 4.74 Å². The Kier molecular flexibility index (Phi) is 4.51. The van der Waals surface area contributed by atoms with E-state index in [1.54, 1.807) is 0 Å². The molecule has 2 unspecified atom stereocenters. The minimum absolute atomic E-state index is 0.372. The molecule has 3 heteroatoms. The summed E-state index contributed by atoms with van der Waals surface area (Å²) in [5.74, 6) is 0. The highest BCUT2D eigenvalue weighted by atomic mass is 16.5. The van der Waals surface area contributed by atoms with Crippen molar-refractivity contribution in [3.05, 3.63) is 29.6 Å². The lowest BCUT2D eigenvalue weighted by molar-refractivity contribution is 0.0946. The maximum atomic E-state index is 5.73. The molecule has 1 N–H and O–H groups in total. The number of hydrogen-bond acceptors (Lipinski definition) is 3. The number of ether oxygens (including phenoxy) is 1. The average molecular weight is 234 g/mol. The van der Waals surface area contributed by atoms with Gasteiger partial charge in [0.2, 0.25) is 0 Å². The van der Waals surface area contributed by atoms with Crippen molar-refractivity contribution in [2.45, 2.75) is 45.3 Å². The van der Waals surface area contributed by atoms with Gasteiger partial charge in [-0.1, -0.05) is 6.92 Å². The van der Waals surface area contributed by atoms with Crippen molar-refractivity contribution in [2.75, 3.05) is 13.2 Å². The second kappa shape index (κ2) is 6.12. The van der Waals surface area contributed by atoms with Gasteiger partial charge >= 0.3 is 0 Å². The van der Waals surface area contributed by atoms with Crippen LogP contribution >= 0.6 is 0 Å². The van der Waals surface area contributed by atoms with Crippen molar-refractivity contribution in [1.82, 2.24) is 10.3 Å². The first kappa shape index (κ1) is 12.5. The topological polar surface area (TPSA) is 34.1 Å². The summed E-state index contributed by atoms with van der Waals surface area (Å²) in [6.45, 7) is 6.20. The van der Waals surface area contributed by atoms with E-state index in [-0.39, 0.29) is 0 Å². The normalized spacial score (nSPS) is 21.6. The summed E-state index contributed by atoms with van der Waals surface area (Å²) in [7, 11) is 0. The van der Waals surface area contributed by atoms with E-state index in [1.165, 1.54) is 24.0 Å². The van der Waals surface area contributed by atoms with E-state index in [1.807, 2.05) is 12.4 Å². The van der Waals surface area contributed by atoms with E-state index in [2.05, 4.69) is 30.2 Å². The molecule has 0 saturated carbocycles. The van der Waals surface area contributed by atoms with Crippen LogP contribution < -0.4 is 5.32 Å². The first-order chi connectivity index (χ1) is 8.31. The highest BCUT2D eigenvalue weighted by Crippen LogP contribution is 2.26. The quantitative estimate of drug-likeness (QED) is 0.850. The molecule has 0 amide bonds. The molecule has 1 fully saturated rings. The summed E-state index contributed by atoms with van der Waals surface area (Å²) < 4.78 is 5.73. The van der Waals surface area contributed by atoms with E-state index in [0.717, 1.165) is 19.6 Å². The lowest BCUT2D eigenvalue weighted by Crippen LogP contribution is -2.26. The van der Waals surface area contributed by atoms with Gasteiger partial charge in [-0.2, -0.15) is 0 Å². The summed E-state index contributed by atoms with van der Waals surface area (Å²) in [5.41, 5.74) is 2.62. The van der Waals surface area contributed by atoms with Crippen LogP contribution in [0.25, 0.3) is 0 Å². The highest BCUT2D eigenvalue weighted by molar-refractivity contribution is 5.25. The van der Waals surface area contributed by atoms with Crippen molar-refractivity contribution in [3.8, 4) is 0 Å². The first-order valence-electron chi connectivity index (χ1n) is 6.56. The fourth-order valence-corrected chi connectivity index (χ4v) is 2.50. The minimum atomic E-state index is 0.372. The predicted octanol–water partition coefficient (Wildman–Crippen LogP) is 2.61. The van der Waals surface area contributed by atoms with Gasteiger partial charge in [0.1, 0.15) is 0 Å². The number of rotatable bonds is 5. The molecule has 1 aliphatic rings. The van der Waals surface area contributed by atoms with Gasteiger partial charge in [0.25, 0.3) is 0 Å². The fourth-order valence-electron chi connectivity index (χ4n) is 2.50. The molecule has 1 aliphatic heterocycles. The van der Waals surface area contributed by atoms with Gasteiger partial charge < -0.3 is 10.1 Å². The summed E-state index contributed by atoms with van der Waals surface area (Å²) in [4.78, 5) is 4.24. The SMILES string of the molecule is CCNC(CC1CCCO1)c1cnccc1C. The van der Waals surface area contributed by atoms with E-state index >= 15 is 0 Å². The second-order valence-electron chi connectivity index (χ2n) is 4.71. The third-order valence-corrected chi connectivity index (χ3v) is 3.43. The Hall–Kier alpha value is -0.930. The van der Waals surface area contributed by atoms with Crippen LogP contribution in [0.2, 0.25) is 0 Å². The van der Waals surface area contributed by atoms with Gasteiger partial charge in [-0.15, -0.1) is 0 Å². The predicted molar refractivity (Wildman–Crippen MR) is 69.0 cm³/mol. The maximum absolute atomic E-state index is 5.73. The molecule has 0 bridgehead atoms. The van der Waals surface area contributed by atoms with Crippen LogP contribution in [0.15, 0.2) is 18.5 Å². The van der Waals surface area contributed by atoms with Crippen LogP contribution in [-0.4, -0.2) is 24.2 Å². The molecule has 94 valence electrons. The zero-order valence-electron chi connectivity index (χ0n) is 10.8. The molecule has 2 atom stereocenters. The van der Waals surface area contributed by atoms with Gasteiger partial charge in [0, 0.05) is 25.0 Å². The monoisotopic (exact) mass is 234 g/mol. The van der Waals surface area contributed by atoms with Crippen molar-refractivity contribution >= 4 is 0 Å². The molecule has 1 aromatic heterocycles. The summed E-state index contributed by atoms with van der Waals surface area (Å²) in [6, 6.07) is 2.45. The van der Waals surface area contributed by atoms with E-state index in [0.29, 0.717) is 12.1 Å². The van der Waals surface area contributed by atoms with Gasteiger partial charge in [0.15, 0.2) is 0 Å². The molecule has 1 saturated heterocycles. The third kappa shape index (κ3) is 3.27. The lowest BCUT2D eigenvalue weighted by atomic mass is 9.97. The molecular formula is C14H22N2O. The zero-order valence-corrected chi connectivity index (χ0v) is 10.8. The summed E-state index contributed by atoms with van der Waals surface area (Å²) >= 11 is 0. The number of nitrogens with zero attached hydrogens (tertiary/aromatic N) is 1. The molecule has 1 aromatic rings.